The topological polar surface area (TPSA) is 38.6 Å². The van der Waals surface area contributed by atoms with Crippen LogP contribution in [0.1, 0.15) is 54.3 Å². The number of aryl methyl sites for hydroxylation is 2. The molecule has 0 fully saturated rings. The number of rotatable bonds is 4. The lowest BCUT2D eigenvalue weighted by atomic mass is 9.79. The molecule has 0 N–H and O–H groups in total. The van der Waals surface area contributed by atoms with Crippen LogP contribution in [0.25, 0.3) is 60.9 Å². The fourth-order valence-electron chi connectivity index (χ4n) is 7.37. The number of fused-ring (bicyclic) bond motifs is 7. The van der Waals surface area contributed by atoms with Crippen LogP contribution in [0, 0.1) is 13.8 Å². The summed E-state index contributed by atoms with van der Waals surface area (Å²) in [7, 11) is 0. The summed E-state index contributed by atoms with van der Waals surface area (Å²) >= 11 is 0. The normalized spacial score (nSPS) is 14.0. The molecule has 0 amide bonds. The molecular formula is C41H33NO2. The molecule has 3 heteroatoms. The Morgan fingerprint density at radius 1 is 0.682 bits per heavy atom. The van der Waals surface area contributed by atoms with Gasteiger partial charge in [0.25, 0.3) is 0 Å². The van der Waals surface area contributed by atoms with E-state index in [0.717, 1.165) is 61.1 Å². The molecule has 0 atom stereocenters. The molecule has 0 aliphatic heterocycles. The van der Waals surface area contributed by atoms with Gasteiger partial charge >= 0.3 is 0 Å². The third kappa shape index (κ3) is 3.72. The van der Waals surface area contributed by atoms with Gasteiger partial charge in [-0.05, 0) is 84.0 Å². The standard InChI is InChI=1S/C41H33NO2/c1-23-26(4)43-36-18-10-13-28(38(23)36)24(2)42-25(3)29-14-11-19-37-39(29)33-22-27(20-21-35(33)44-37)30-15-9-16-32-31-12-7-8-17-34(31)41(5,6)40(30)32/h7-22H,3H2,1-2,4-6H3. The molecule has 0 spiro atoms. The van der Waals surface area contributed by atoms with Crippen molar-refractivity contribution in [1.82, 2.24) is 0 Å². The predicted octanol–water partition coefficient (Wildman–Crippen LogP) is 11.4. The van der Waals surface area contributed by atoms with Crippen LogP contribution in [-0.4, -0.2) is 5.71 Å². The summed E-state index contributed by atoms with van der Waals surface area (Å²) in [6, 6.07) is 34.3. The first-order valence-corrected chi connectivity index (χ1v) is 15.2. The third-order valence-electron chi connectivity index (χ3n) is 9.58. The van der Waals surface area contributed by atoms with E-state index in [4.69, 9.17) is 13.8 Å². The maximum Gasteiger partial charge on any atom is 0.136 e. The molecule has 1 aliphatic rings. The van der Waals surface area contributed by atoms with Gasteiger partial charge in [0, 0.05) is 38.4 Å². The fraction of sp³-hybridized carbons (Fsp3) is 0.146. The number of hydrogen-bond donors (Lipinski definition) is 0. The molecule has 0 saturated carbocycles. The first-order chi connectivity index (χ1) is 21.2. The monoisotopic (exact) mass is 571 g/mol. The van der Waals surface area contributed by atoms with E-state index in [1.54, 1.807) is 0 Å². The van der Waals surface area contributed by atoms with Crippen LogP contribution in [0.4, 0.5) is 0 Å². The Morgan fingerprint density at radius 2 is 1.36 bits per heavy atom. The molecule has 5 aromatic carbocycles. The van der Waals surface area contributed by atoms with Crippen LogP contribution in [0.2, 0.25) is 0 Å². The van der Waals surface area contributed by atoms with Crippen molar-refractivity contribution in [2.45, 2.75) is 40.0 Å². The Labute approximate surface area is 257 Å². The Bertz CT molecular complexity index is 2360. The lowest BCUT2D eigenvalue weighted by molar-refractivity contribution is 0.575. The maximum atomic E-state index is 6.38. The van der Waals surface area contributed by atoms with Crippen LogP contribution in [0.3, 0.4) is 0 Å². The number of aliphatic imine (C=N–C) groups is 1. The second-order valence-corrected chi connectivity index (χ2v) is 12.5. The lowest BCUT2D eigenvalue weighted by Crippen LogP contribution is -2.16. The lowest BCUT2D eigenvalue weighted by Gasteiger charge is -2.24. The summed E-state index contributed by atoms with van der Waals surface area (Å²) in [5.41, 5.74) is 15.1. The van der Waals surface area contributed by atoms with Crippen LogP contribution in [-0.2, 0) is 5.41 Å². The smallest absolute Gasteiger partial charge is 0.136 e. The molecule has 8 rings (SSSR count). The molecule has 44 heavy (non-hydrogen) atoms. The quantitative estimate of drug-likeness (QED) is 0.197. The van der Waals surface area contributed by atoms with E-state index in [1.165, 1.54) is 33.4 Å². The Balaban J connectivity index is 1.27. The third-order valence-corrected chi connectivity index (χ3v) is 9.58. The van der Waals surface area contributed by atoms with E-state index in [0.29, 0.717) is 5.70 Å². The average molecular weight is 572 g/mol. The minimum Gasteiger partial charge on any atom is -0.461 e. The molecule has 3 nitrogen and oxygen atoms in total. The van der Waals surface area contributed by atoms with Gasteiger partial charge in [0.1, 0.15) is 22.5 Å². The average Bonchev–Trinajstić information content (AvgIpc) is 3.63. The van der Waals surface area contributed by atoms with Crippen molar-refractivity contribution in [2.24, 2.45) is 4.99 Å². The highest BCUT2D eigenvalue weighted by atomic mass is 16.3. The number of furan rings is 2. The predicted molar refractivity (Wildman–Crippen MR) is 184 cm³/mol. The Hall–Kier alpha value is -5.15. The van der Waals surface area contributed by atoms with Gasteiger partial charge in [-0.3, -0.25) is 4.99 Å². The van der Waals surface area contributed by atoms with Crippen molar-refractivity contribution in [3.8, 4) is 22.3 Å². The molecular weight excluding hydrogens is 538 g/mol. The zero-order valence-corrected chi connectivity index (χ0v) is 25.7. The van der Waals surface area contributed by atoms with Gasteiger partial charge in [0.15, 0.2) is 0 Å². The maximum absolute atomic E-state index is 6.38. The molecule has 7 aromatic rings. The van der Waals surface area contributed by atoms with E-state index in [-0.39, 0.29) is 5.41 Å². The van der Waals surface area contributed by atoms with Gasteiger partial charge in [0.2, 0.25) is 0 Å². The van der Waals surface area contributed by atoms with E-state index in [2.05, 4.69) is 100 Å². The zero-order chi connectivity index (χ0) is 30.3. The first-order valence-electron chi connectivity index (χ1n) is 15.2. The SMILES string of the molecule is C=C(N=C(C)c1cccc2oc(C)c(C)c12)c1cccc2oc3ccc(-c4cccc5c4C(C)(C)c4ccccc4-5)cc3c12. The molecule has 0 radical (unpaired) electrons. The Morgan fingerprint density at radius 3 is 2.18 bits per heavy atom. The molecule has 214 valence electrons. The highest BCUT2D eigenvalue weighted by Crippen LogP contribution is 2.52. The van der Waals surface area contributed by atoms with Crippen molar-refractivity contribution >= 4 is 44.3 Å². The van der Waals surface area contributed by atoms with Crippen LogP contribution in [0.5, 0.6) is 0 Å². The summed E-state index contributed by atoms with van der Waals surface area (Å²) in [5, 5.41) is 3.21. The summed E-state index contributed by atoms with van der Waals surface area (Å²) in [4.78, 5) is 5.06. The summed E-state index contributed by atoms with van der Waals surface area (Å²) in [6.07, 6.45) is 0. The van der Waals surface area contributed by atoms with Gasteiger partial charge < -0.3 is 8.83 Å². The van der Waals surface area contributed by atoms with Crippen molar-refractivity contribution in [1.29, 1.82) is 0 Å². The number of hydrogen-bond acceptors (Lipinski definition) is 3. The van der Waals surface area contributed by atoms with E-state index < -0.39 is 0 Å². The van der Waals surface area contributed by atoms with Crippen molar-refractivity contribution < 1.29 is 8.83 Å². The highest BCUT2D eigenvalue weighted by molar-refractivity contribution is 6.14. The summed E-state index contributed by atoms with van der Waals surface area (Å²) in [5.74, 6) is 0.931. The number of nitrogens with zero attached hydrogens (tertiary/aromatic N) is 1. The molecule has 1 aliphatic carbocycles. The summed E-state index contributed by atoms with van der Waals surface area (Å²) < 4.78 is 12.4. The molecule has 0 unspecified atom stereocenters. The second kappa shape index (κ2) is 9.42. The second-order valence-electron chi connectivity index (χ2n) is 12.5. The van der Waals surface area contributed by atoms with Crippen molar-refractivity contribution in [3.63, 3.8) is 0 Å². The number of benzene rings is 5. The molecule has 0 bridgehead atoms. The van der Waals surface area contributed by atoms with Gasteiger partial charge in [-0.1, -0.05) is 93.2 Å². The van der Waals surface area contributed by atoms with Crippen LogP contribution in [0.15, 0.2) is 117 Å². The molecule has 2 aromatic heterocycles. The zero-order valence-electron chi connectivity index (χ0n) is 25.7. The van der Waals surface area contributed by atoms with Gasteiger partial charge in [-0.25, -0.2) is 0 Å². The minimum absolute atomic E-state index is 0.101. The van der Waals surface area contributed by atoms with Crippen molar-refractivity contribution in [3.05, 3.63) is 137 Å². The van der Waals surface area contributed by atoms with Gasteiger partial charge in [0.05, 0.1) is 5.70 Å². The minimum atomic E-state index is -0.101. The summed E-state index contributed by atoms with van der Waals surface area (Å²) in [6.45, 7) is 15.3. The van der Waals surface area contributed by atoms with Gasteiger partial charge in [-0.2, -0.15) is 0 Å². The van der Waals surface area contributed by atoms with E-state index >= 15 is 0 Å². The molecule has 2 heterocycles. The van der Waals surface area contributed by atoms with E-state index in [1.807, 2.05) is 38.1 Å². The fourth-order valence-corrected chi connectivity index (χ4v) is 7.37. The van der Waals surface area contributed by atoms with Crippen LogP contribution < -0.4 is 0 Å². The highest BCUT2D eigenvalue weighted by Gasteiger charge is 2.37. The van der Waals surface area contributed by atoms with E-state index in [9.17, 15) is 0 Å². The largest absolute Gasteiger partial charge is 0.461 e. The van der Waals surface area contributed by atoms with Crippen molar-refractivity contribution in [2.75, 3.05) is 0 Å². The van der Waals surface area contributed by atoms with Crippen LogP contribution >= 0.6 is 0 Å². The Kier molecular flexibility index (Phi) is 5.67. The first kappa shape index (κ1) is 26.5. The van der Waals surface area contributed by atoms with Gasteiger partial charge in [-0.15, -0.1) is 0 Å². The molecule has 0 saturated heterocycles.